The molecule has 0 heterocycles. The Labute approximate surface area is 124 Å². The van der Waals surface area contributed by atoms with Crippen LogP contribution >= 0.6 is 15.9 Å². The van der Waals surface area contributed by atoms with Crippen LogP contribution in [0, 0.1) is 5.82 Å². The average Bonchev–Trinajstić information content (AvgIpc) is 2.38. The molecule has 1 N–H and O–H groups in total. The van der Waals surface area contributed by atoms with E-state index in [1.165, 1.54) is 18.2 Å². The van der Waals surface area contributed by atoms with Crippen molar-refractivity contribution in [2.24, 2.45) is 0 Å². The zero-order valence-electron chi connectivity index (χ0n) is 10.8. The highest BCUT2D eigenvalue weighted by molar-refractivity contribution is 9.10. The number of hydrogen-bond donors (Lipinski definition) is 1. The Morgan fingerprint density at radius 1 is 1.30 bits per heavy atom. The Morgan fingerprint density at radius 2 is 2.00 bits per heavy atom. The Balaban J connectivity index is 2.34. The van der Waals surface area contributed by atoms with Crippen molar-refractivity contribution in [2.75, 3.05) is 11.9 Å². The maximum Gasteiger partial charge on any atom is 0.337 e. The van der Waals surface area contributed by atoms with Crippen LogP contribution in [0.3, 0.4) is 0 Å². The van der Waals surface area contributed by atoms with Crippen molar-refractivity contribution in [3.05, 3.63) is 63.9 Å². The van der Waals surface area contributed by atoms with Gasteiger partial charge in [-0.1, -0.05) is 34.1 Å². The number of carboxylic acids is 1. The summed E-state index contributed by atoms with van der Waals surface area (Å²) >= 11 is 3.37. The highest BCUT2D eigenvalue weighted by atomic mass is 79.9. The monoisotopic (exact) mass is 337 g/mol. The number of nitrogens with zero attached hydrogens (tertiary/aromatic N) is 1. The maximum atomic E-state index is 13.9. The quantitative estimate of drug-likeness (QED) is 0.919. The summed E-state index contributed by atoms with van der Waals surface area (Å²) < 4.78 is 14.9. The predicted octanol–water partition coefficient (Wildman–Crippen LogP) is 3.92. The SMILES string of the molecule is CN(Cc1cccc(Br)c1)c1c(F)cccc1C(=O)O. The first-order chi connectivity index (χ1) is 9.49. The fraction of sp³-hybridized carbons (Fsp3) is 0.133. The van der Waals surface area contributed by atoms with Gasteiger partial charge in [0.2, 0.25) is 0 Å². The van der Waals surface area contributed by atoms with Crippen molar-refractivity contribution in [3.63, 3.8) is 0 Å². The zero-order valence-corrected chi connectivity index (χ0v) is 12.4. The van der Waals surface area contributed by atoms with Gasteiger partial charge in [-0.25, -0.2) is 9.18 Å². The number of para-hydroxylation sites is 1. The van der Waals surface area contributed by atoms with Crippen LogP contribution in [0.25, 0.3) is 0 Å². The molecule has 0 saturated carbocycles. The van der Waals surface area contributed by atoms with Gasteiger partial charge in [0, 0.05) is 18.1 Å². The van der Waals surface area contributed by atoms with Gasteiger partial charge in [-0.2, -0.15) is 0 Å². The third kappa shape index (κ3) is 3.17. The fourth-order valence-corrected chi connectivity index (χ4v) is 2.51. The minimum Gasteiger partial charge on any atom is -0.478 e. The molecule has 104 valence electrons. The number of anilines is 1. The van der Waals surface area contributed by atoms with Crippen LogP contribution in [0.5, 0.6) is 0 Å². The highest BCUT2D eigenvalue weighted by Crippen LogP contribution is 2.25. The Bertz CT molecular complexity index is 646. The van der Waals surface area contributed by atoms with Gasteiger partial charge in [0.1, 0.15) is 5.82 Å². The summed E-state index contributed by atoms with van der Waals surface area (Å²) in [4.78, 5) is 12.8. The molecule has 0 fully saturated rings. The molecule has 5 heteroatoms. The lowest BCUT2D eigenvalue weighted by atomic mass is 10.1. The first-order valence-electron chi connectivity index (χ1n) is 5.96. The van der Waals surface area contributed by atoms with Gasteiger partial charge in [0.25, 0.3) is 0 Å². The summed E-state index contributed by atoms with van der Waals surface area (Å²) in [6, 6.07) is 11.7. The van der Waals surface area contributed by atoms with Crippen LogP contribution < -0.4 is 4.90 Å². The first kappa shape index (κ1) is 14.5. The smallest absolute Gasteiger partial charge is 0.337 e. The Kier molecular flexibility index (Phi) is 4.39. The molecule has 0 aliphatic heterocycles. The van der Waals surface area contributed by atoms with Crippen LogP contribution in [0.2, 0.25) is 0 Å². The van der Waals surface area contributed by atoms with Crippen LogP contribution in [-0.2, 0) is 6.54 Å². The summed E-state index contributed by atoms with van der Waals surface area (Å²) in [5.41, 5.74) is 1.02. The molecule has 0 bridgehead atoms. The van der Waals surface area contributed by atoms with E-state index in [1.807, 2.05) is 24.3 Å². The molecule has 0 aliphatic rings. The molecule has 20 heavy (non-hydrogen) atoms. The predicted molar refractivity (Wildman–Crippen MR) is 79.6 cm³/mol. The van der Waals surface area contributed by atoms with Gasteiger partial charge >= 0.3 is 5.97 Å². The minimum absolute atomic E-state index is 0.0394. The summed E-state index contributed by atoms with van der Waals surface area (Å²) in [6.45, 7) is 0.417. The molecule has 3 nitrogen and oxygen atoms in total. The molecular formula is C15H13BrFNO2. The number of rotatable bonds is 4. The normalized spacial score (nSPS) is 10.3. The number of carbonyl (C=O) groups is 1. The van der Waals surface area contributed by atoms with Crippen molar-refractivity contribution >= 4 is 27.6 Å². The minimum atomic E-state index is -1.14. The molecule has 2 aromatic carbocycles. The van der Waals surface area contributed by atoms with Crippen LogP contribution in [-0.4, -0.2) is 18.1 Å². The van der Waals surface area contributed by atoms with E-state index in [0.717, 1.165) is 10.0 Å². The number of aromatic carboxylic acids is 1. The average molecular weight is 338 g/mol. The molecular weight excluding hydrogens is 325 g/mol. The topological polar surface area (TPSA) is 40.5 Å². The molecule has 0 spiro atoms. The standard InChI is InChI=1S/C15H13BrFNO2/c1-18(9-10-4-2-5-11(16)8-10)14-12(15(19)20)6-3-7-13(14)17/h2-8H,9H2,1H3,(H,19,20). The number of hydrogen-bond acceptors (Lipinski definition) is 2. The second kappa shape index (κ2) is 6.05. The van der Waals surface area contributed by atoms with E-state index >= 15 is 0 Å². The second-order valence-electron chi connectivity index (χ2n) is 4.43. The molecule has 0 saturated heterocycles. The number of benzene rings is 2. The third-order valence-electron chi connectivity index (χ3n) is 2.91. The highest BCUT2D eigenvalue weighted by Gasteiger charge is 2.17. The molecule has 2 rings (SSSR count). The Morgan fingerprint density at radius 3 is 2.65 bits per heavy atom. The van der Waals surface area contributed by atoms with E-state index in [1.54, 1.807) is 11.9 Å². The Hall–Kier alpha value is -1.88. The van der Waals surface area contributed by atoms with E-state index in [4.69, 9.17) is 5.11 Å². The van der Waals surface area contributed by atoms with Gasteiger partial charge < -0.3 is 10.0 Å². The fourth-order valence-electron chi connectivity index (χ4n) is 2.06. The van der Waals surface area contributed by atoms with E-state index in [0.29, 0.717) is 6.54 Å². The second-order valence-corrected chi connectivity index (χ2v) is 5.34. The summed E-state index contributed by atoms with van der Waals surface area (Å²) in [5, 5.41) is 9.15. The molecule has 0 aliphatic carbocycles. The number of carboxylic acid groups (broad SMARTS) is 1. The van der Waals surface area contributed by atoms with Crippen LogP contribution in [0.4, 0.5) is 10.1 Å². The van der Waals surface area contributed by atoms with Crippen molar-refractivity contribution in [1.29, 1.82) is 0 Å². The van der Waals surface area contributed by atoms with E-state index < -0.39 is 11.8 Å². The summed E-state index contributed by atoms with van der Waals surface area (Å²) in [5.74, 6) is -1.68. The lowest BCUT2D eigenvalue weighted by Gasteiger charge is -2.22. The molecule has 2 aromatic rings. The largest absolute Gasteiger partial charge is 0.478 e. The molecule has 0 amide bonds. The molecule has 0 radical (unpaired) electrons. The van der Waals surface area contributed by atoms with Crippen LogP contribution in [0.15, 0.2) is 46.9 Å². The van der Waals surface area contributed by atoms with Gasteiger partial charge in [0.05, 0.1) is 11.3 Å². The van der Waals surface area contributed by atoms with Crippen molar-refractivity contribution in [1.82, 2.24) is 0 Å². The number of halogens is 2. The van der Waals surface area contributed by atoms with E-state index in [-0.39, 0.29) is 11.3 Å². The maximum absolute atomic E-state index is 13.9. The van der Waals surface area contributed by atoms with Gasteiger partial charge in [-0.15, -0.1) is 0 Å². The third-order valence-corrected chi connectivity index (χ3v) is 3.40. The van der Waals surface area contributed by atoms with Gasteiger partial charge in [0.15, 0.2) is 0 Å². The first-order valence-corrected chi connectivity index (χ1v) is 6.75. The molecule has 0 atom stereocenters. The van der Waals surface area contributed by atoms with Crippen molar-refractivity contribution in [2.45, 2.75) is 6.54 Å². The summed E-state index contributed by atoms with van der Waals surface area (Å²) in [6.07, 6.45) is 0. The lowest BCUT2D eigenvalue weighted by molar-refractivity contribution is 0.0697. The molecule has 0 aromatic heterocycles. The zero-order chi connectivity index (χ0) is 14.7. The van der Waals surface area contributed by atoms with Gasteiger partial charge in [-0.3, -0.25) is 0 Å². The van der Waals surface area contributed by atoms with E-state index in [9.17, 15) is 9.18 Å². The van der Waals surface area contributed by atoms with Gasteiger partial charge in [-0.05, 0) is 29.8 Å². The van der Waals surface area contributed by atoms with Crippen molar-refractivity contribution < 1.29 is 14.3 Å². The van der Waals surface area contributed by atoms with Crippen LogP contribution in [0.1, 0.15) is 15.9 Å². The molecule has 0 unspecified atom stereocenters. The van der Waals surface area contributed by atoms with Crippen molar-refractivity contribution in [3.8, 4) is 0 Å². The summed E-state index contributed by atoms with van der Waals surface area (Å²) in [7, 11) is 1.67. The lowest BCUT2D eigenvalue weighted by Crippen LogP contribution is -2.20. The van der Waals surface area contributed by atoms with E-state index in [2.05, 4.69) is 15.9 Å².